The minimum atomic E-state index is -0.168. The van der Waals surface area contributed by atoms with E-state index in [9.17, 15) is 0 Å². The Bertz CT molecular complexity index is 325. The van der Waals surface area contributed by atoms with Crippen molar-refractivity contribution in [3.8, 4) is 0 Å². The van der Waals surface area contributed by atoms with E-state index in [2.05, 4.69) is 4.98 Å². The lowest BCUT2D eigenvalue weighted by molar-refractivity contribution is 0.896. The molecular weight excluding hydrogens is 170 g/mol. The van der Waals surface area contributed by atoms with Crippen LogP contribution in [0.3, 0.4) is 0 Å². The van der Waals surface area contributed by atoms with E-state index in [1.807, 2.05) is 12.3 Å². The number of aromatic nitrogens is 1. The molecule has 12 heavy (non-hydrogen) atoms. The molecule has 1 aromatic heterocycles. The predicted octanol–water partition coefficient (Wildman–Crippen LogP) is 1.42. The smallest absolute Gasteiger partial charge is 0.106 e. The van der Waals surface area contributed by atoms with Gasteiger partial charge in [-0.15, -0.1) is 11.3 Å². The summed E-state index contributed by atoms with van der Waals surface area (Å²) < 4.78 is 0. The van der Waals surface area contributed by atoms with Gasteiger partial charge in [-0.1, -0.05) is 0 Å². The molecule has 0 amide bonds. The molecule has 0 aliphatic heterocycles. The van der Waals surface area contributed by atoms with Crippen molar-refractivity contribution >= 4 is 17.2 Å². The van der Waals surface area contributed by atoms with Gasteiger partial charge in [0.25, 0.3) is 0 Å². The first kappa shape index (κ1) is 7.73. The first-order valence-electron chi connectivity index (χ1n) is 3.92. The first-order valence-corrected chi connectivity index (χ1v) is 4.80. The molecule has 2 rings (SSSR count). The van der Waals surface area contributed by atoms with Crippen molar-refractivity contribution in [2.75, 3.05) is 0 Å². The molecule has 1 heterocycles. The fourth-order valence-electron chi connectivity index (χ4n) is 1.30. The fourth-order valence-corrected chi connectivity index (χ4v) is 2.37. The van der Waals surface area contributed by atoms with Crippen molar-refractivity contribution in [1.82, 2.24) is 4.98 Å². The molecular formula is C8H11N3S. The molecule has 4 heteroatoms. The summed E-state index contributed by atoms with van der Waals surface area (Å²) in [6.07, 6.45) is 1.99. The molecule has 64 valence electrons. The highest BCUT2D eigenvalue weighted by molar-refractivity contribution is 7.10. The lowest BCUT2D eigenvalue weighted by atomic mass is 10.1. The Labute approximate surface area is 75.1 Å². The third kappa shape index (κ3) is 0.948. The van der Waals surface area contributed by atoms with Crippen molar-refractivity contribution in [2.24, 2.45) is 5.73 Å². The topological polar surface area (TPSA) is 62.8 Å². The van der Waals surface area contributed by atoms with E-state index in [4.69, 9.17) is 11.1 Å². The van der Waals surface area contributed by atoms with E-state index in [0.717, 1.165) is 23.5 Å². The zero-order valence-electron chi connectivity index (χ0n) is 6.92. The second-order valence-corrected chi connectivity index (χ2v) is 4.15. The summed E-state index contributed by atoms with van der Waals surface area (Å²) in [6.45, 7) is 1.97. The summed E-state index contributed by atoms with van der Waals surface area (Å²) in [5, 5.41) is 10.5. The Kier molecular flexibility index (Phi) is 1.48. The van der Waals surface area contributed by atoms with Crippen LogP contribution in [-0.2, 0) is 5.41 Å². The standard InChI is InChI=1S/C8H11N3S/c1-5-4-12-7(11-5)8(2-3-8)6(9)10/h4H,2-3H2,1H3,(H3,9,10). The number of thiazole rings is 1. The van der Waals surface area contributed by atoms with Crippen LogP contribution in [0, 0.1) is 12.3 Å². The van der Waals surface area contributed by atoms with E-state index in [0.29, 0.717) is 0 Å². The monoisotopic (exact) mass is 181 g/mol. The van der Waals surface area contributed by atoms with Crippen LogP contribution < -0.4 is 5.73 Å². The lowest BCUT2D eigenvalue weighted by Gasteiger charge is -2.07. The van der Waals surface area contributed by atoms with Gasteiger partial charge in [0.05, 0.1) is 5.41 Å². The molecule has 0 bridgehead atoms. The molecule has 1 aliphatic rings. The van der Waals surface area contributed by atoms with E-state index >= 15 is 0 Å². The van der Waals surface area contributed by atoms with E-state index in [1.165, 1.54) is 0 Å². The maximum Gasteiger partial charge on any atom is 0.106 e. The summed E-state index contributed by atoms with van der Waals surface area (Å²) in [7, 11) is 0. The second kappa shape index (κ2) is 2.29. The van der Waals surface area contributed by atoms with Crippen LogP contribution in [0.5, 0.6) is 0 Å². The molecule has 1 aromatic rings. The van der Waals surface area contributed by atoms with Gasteiger partial charge in [0.15, 0.2) is 0 Å². The minimum Gasteiger partial charge on any atom is -0.387 e. The van der Waals surface area contributed by atoms with Crippen LogP contribution in [0.2, 0.25) is 0 Å². The van der Waals surface area contributed by atoms with Crippen LogP contribution >= 0.6 is 11.3 Å². The number of hydrogen-bond acceptors (Lipinski definition) is 3. The highest BCUT2D eigenvalue weighted by Gasteiger charge is 2.49. The van der Waals surface area contributed by atoms with Gasteiger partial charge in [-0.05, 0) is 19.8 Å². The van der Waals surface area contributed by atoms with Crippen molar-refractivity contribution in [2.45, 2.75) is 25.2 Å². The molecule has 0 unspecified atom stereocenters. The minimum absolute atomic E-state index is 0.168. The van der Waals surface area contributed by atoms with Gasteiger partial charge < -0.3 is 5.73 Å². The molecule has 1 saturated carbocycles. The Balaban J connectivity index is 2.36. The second-order valence-electron chi connectivity index (χ2n) is 3.29. The lowest BCUT2D eigenvalue weighted by Crippen LogP contribution is -2.27. The number of nitrogens with zero attached hydrogens (tertiary/aromatic N) is 1. The number of nitrogens with two attached hydrogens (primary N) is 1. The zero-order valence-corrected chi connectivity index (χ0v) is 7.74. The van der Waals surface area contributed by atoms with Crippen LogP contribution in [0.15, 0.2) is 5.38 Å². The Morgan fingerprint density at radius 2 is 2.42 bits per heavy atom. The van der Waals surface area contributed by atoms with E-state index in [1.54, 1.807) is 11.3 Å². The molecule has 0 radical (unpaired) electrons. The van der Waals surface area contributed by atoms with Gasteiger partial charge in [0.2, 0.25) is 0 Å². The molecule has 0 aromatic carbocycles. The summed E-state index contributed by atoms with van der Waals surface area (Å²) in [5.41, 5.74) is 6.39. The molecule has 0 saturated heterocycles. The normalized spacial score (nSPS) is 19.1. The number of nitrogens with one attached hydrogen (secondary N) is 1. The molecule has 1 fully saturated rings. The first-order chi connectivity index (χ1) is 5.65. The van der Waals surface area contributed by atoms with Gasteiger partial charge in [-0.3, -0.25) is 5.41 Å². The number of amidine groups is 1. The SMILES string of the molecule is Cc1csc(C2(C(=N)N)CC2)n1. The average molecular weight is 181 g/mol. The number of hydrogen-bond donors (Lipinski definition) is 2. The number of aryl methyl sites for hydroxylation is 1. The van der Waals surface area contributed by atoms with Crippen LogP contribution in [-0.4, -0.2) is 10.8 Å². The molecule has 0 atom stereocenters. The summed E-state index contributed by atoms with van der Waals surface area (Å²) >= 11 is 1.62. The highest BCUT2D eigenvalue weighted by atomic mass is 32.1. The largest absolute Gasteiger partial charge is 0.387 e. The van der Waals surface area contributed by atoms with Crippen LogP contribution in [0.4, 0.5) is 0 Å². The van der Waals surface area contributed by atoms with Crippen LogP contribution in [0.1, 0.15) is 23.5 Å². The summed E-state index contributed by atoms with van der Waals surface area (Å²) in [4.78, 5) is 4.36. The van der Waals surface area contributed by atoms with Crippen molar-refractivity contribution in [3.63, 3.8) is 0 Å². The molecule has 0 spiro atoms. The van der Waals surface area contributed by atoms with Gasteiger partial charge in [0, 0.05) is 11.1 Å². The number of rotatable bonds is 2. The molecule has 1 aliphatic carbocycles. The van der Waals surface area contributed by atoms with Crippen molar-refractivity contribution in [1.29, 1.82) is 5.41 Å². The third-order valence-electron chi connectivity index (χ3n) is 2.29. The highest BCUT2D eigenvalue weighted by Crippen LogP contribution is 2.48. The molecule has 3 nitrogen and oxygen atoms in total. The summed E-state index contributed by atoms with van der Waals surface area (Å²) in [6, 6.07) is 0. The Hall–Kier alpha value is -0.900. The molecule has 3 N–H and O–H groups in total. The van der Waals surface area contributed by atoms with Crippen molar-refractivity contribution < 1.29 is 0 Å². The van der Waals surface area contributed by atoms with E-state index in [-0.39, 0.29) is 11.3 Å². The maximum absolute atomic E-state index is 7.45. The van der Waals surface area contributed by atoms with E-state index < -0.39 is 0 Å². The third-order valence-corrected chi connectivity index (χ3v) is 3.46. The quantitative estimate of drug-likeness (QED) is 0.535. The summed E-state index contributed by atoms with van der Waals surface area (Å²) in [5.74, 6) is 0.275. The van der Waals surface area contributed by atoms with Gasteiger partial charge in [-0.25, -0.2) is 4.98 Å². The Morgan fingerprint density at radius 1 is 1.75 bits per heavy atom. The van der Waals surface area contributed by atoms with Crippen molar-refractivity contribution in [3.05, 3.63) is 16.1 Å². The Morgan fingerprint density at radius 3 is 2.75 bits per heavy atom. The predicted molar refractivity (Wildman–Crippen MR) is 49.7 cm³/mol. The van der Waals surface area contributed by atoms with Gasteiger partial charge in [-0.2, -0.15) is 0 Å². The van der Waals surface area contributed by atoms with Gasteiger partial charge >= 0.3 is 0 Å². The average Bonchev–Trinajstić information content (AvgIpc) is 2.71. The van der Waals surface area contributed by atoms with Gasteiger partial charge in [0.1, 0.15) is 10.8 Å². The van der Waals surface area contributed by atoms with Crippen LogP contribution in [0.25, 0.3) is 0 Å². The maximum atomic E-state index is 7.45. The fraction of sp³-hybridized carbons (Fsp3) is 0.500. The zero-order chi connectivity index (χ0) is 8.77.